The lowest BCUT2D eigenvalue weighted by atomic mass is 10.2. The molecule has 2 rings (SSSR count). The van der Waals surface area contributed by atoms with Gasteiger partial charge in [-0.25, -0.2) is 9.78 Å². The van der Waals surface area contributed by atoms with Crippen molar-refractivity contribution in [2.75, 3.05) is 12.4 Å². The largest absolute Gasteiger partial charge is 0.469 e. The molecule has 0 fully saturated rings. The highest BCUT2D eigenvalue weighted by Gasteiger charge is 2.26. The van der Waals surface area contributed by atoms with E-state index in [0.29, 0.717) is 11.5 Å². The zero-order chi connectivity index (χ0) is 24.1. The number of amides is 1. The number of nitrogens with one attached hydrogen (secondary N) is 1. The number of rotatable bonds is 9. The number of hydrogen-bond acceptors (Lipinski definition) is 9. The number of carbonyl (C=O) groups excluding carboxylic acids is 2. The molecule has 1 amide bonds. The maximum Gasteiger partial charge on any atom is 0.413 e. The van der Waals surface area contributed by atoms with Gasteiger partial charge in [-0.3, -0.25) is 14.7 Å². The summed E-state index contributed by atoms with van der Waals surface area (Å²) in [5, 5.41) is 6.66. The van der Waals surface area contributed by atoms with Crippen molar-refractivity contribution in [1.29, 1.82) is 0 Å². The molecule has 0 aliphatic carbocycles. The fraction of sp³-hybridized carbons (Fsp3) is 0.650. The van der Waals surface area contributed by atoms with Crippen LogP contribution in [0.2, 0.25) is 19.6 Å². The highest BCUT2D eigenvalue weighted by atomic mass is 28.3. The molecule has 1 atom stereocenters. The maximum absolute atomic E-state index is 12.5. The minimum absolute atomic E-state index is 0.0813. The Kier molecular flexibility index (Phi) is 8.18. The summed E-state index contributed by atoms with van der Waals surface area (Å²) in [5.41, 5.74) is -0.295. The highest BCUT2D eigenvalue weighted by Crippen LogP contribution is 2.26. The van der Waals surface area contributed by atoms with E-state index in [1.165, 1.54) is 13.4 Å². The van der Waals surface area contributed by atoms with Gasteiger partial charge in [-0.2, -0.15) is 4.98 Å². The van der Waals surface area contributed by atoms with E-state index in [1.54, 1.807) is 25.3 Å². The van der Waals surface area contributed by atoms with Crippen molar-refractivity contribution >= 4 is 26.0 Å². The molecular weight excluding hydrogens is 434 g/mol. The Hall–Kier alpha value is -2.73. The summed E-state index contributed by atoms with van der Waals surface area (Å²) in [5.74, 6) is 0.372. The number of methoxy groups -OCH3 is 1. The number of imidazole rings is 1. The first-order valence-corrected chi connectivity index (χ1v) is 13.9. The third kappa shape index (κ3) is 7.45. The third-order valence-electron chi connectivity index (χ3n) is 4.59. The first-order chi connectivity index (χ1) is 14.8. The predicted octanol–water partition coefficient (Wildman–Crippen LogP) is 3.63. The van der Waals surface area contributed by atoms with Crippen molar-refractivity contribution in [2.45, 2.75) is 78.2 Å². The van der Waals surface area contributed by atoms with Gasteiger partial charge in [-0.15, -0.1) is 0 Å². The second-order valence-electron chi connectivity index (χ2n) is 9.43. The molecule has 0 saturated heterocycles. The van der Waals surface area contributed by atoms with Crippen LogP contribution in [0.25, 0.3) is 11.5 Å². The lowest BCUT2D eigenvalue weighted by Gasteiger charge is -2.26. The average molecular weight is 468 g/mol. The van der Waals surface area contributed by atoms with Crippen molar-refractivity contribution in [3.05, 3.63) is 12.2 Å². The second-order valence-corrected chi connectivity index (χ2v) is 15.0. The van der Waals surface area contributed by atoms with Crippen molar-refractivity contribution in [3.63, 3.8) is 0 Å². The van der Waals surface area contributed by atoms with Crippen LogP contribution in [0.15, 0.2) is 10.9 Å². The van der Waals surface area contributed by atoms with Crippen LogP contribution in [0.4, 0.5) is 10.6 Å². The van der Waals surface area contributed by atoms with E-state index >= 15 is 0 Å². The summed E-state index contributed by atoms with van der Waals surface area (Å²) in [6, 6.07) is 0. The van der Waals surface area contributed by atoms with E-state index in [4.69, 9.17) is 14.0 Å². The monoisotopic (exact) mass is 467 g/mol. The Bertz CT molecular complexity index is 928. The van der Waals surface area contributed by atoms with Crippen LogP contribution in [-0.2, 0) is 32.2 Å². The highest BCUT2D eigenvalue weighted by molar-refractivity contribution is 6.77. The Morgan fingerprint density at radius 3 is 2.56 bits per heavy atom. The van der Waals surface area contributed by atoms with Gasteiger partial charge < -0.3 is 18.7 Å². The van der Waals surface area contributed by atoms with Crippen LogP contribution >= 0.6 is 0 Å². The van der Waals surface area contributed by atoms with E-state index < -0.39 is 19.8 Å². The first-order valence-electron chi connectivity index (χ1n) is 10.4. The quantitative estimate of drug-likeness (QED) is 0.434. The van der Waals surface area contributed by atoms with Crippen LogP contribution in [0.5, 0.6) is 0 Å². The van der Waals surface area contributed by atoms with Crippen LogP contribution < -0.4 is 5.32 Å². The summed E-state index contributed by atoms with van der Waals surface area (Å²) in [6.07, 6.45) is 1.22. The second kappa shape index (κ2) is 10.3. The fourth-order valence-electron chi connectivity index (χ4n) is 2.38. The summed E-state index contributed by atoms with van der Waals surface area (Å²) in [4.78, 5) is 32.4. The molecule has 178 valence electrons. The zero-order valence-electron chi connectivity index (χ0n) is 20.0. The van der Waals surface area contributed by atoms with E-state index in [0.717, 1.165) is 0 Å². The molecular formula is C20H33N5O6Si. The SMILES string of the molecule is COC(=O)CCc1nc(-c2ncn(COC(C)[Si](C)(C)C)c2NC(=O)OC(C)(C)C)no1. The van der Waals surface area contributed by atoms with Gasteiger partial charge in [0.15, 0.2) is 5.69 Å². The number of nitrogens with zero attached hydrogens (tertiary/aromatic N) is 4. The van der Waals surface area contributed by atoms with Gasteiger partial charge in [0.05, 0.1) is 27.9 Å². The first kappa shape index (κ1) is 25.5. The van der Waals surface area contributed by atoms with Crippen molar-refractivity contribution in [1.82, 2.24) is 19.7 Å². The van der Waals surface area contributed by atoms with Crippen molar-refractivity contribution in [2.24, 2.45) is 0 Å². The molecule has 0 aliphatic heterocycles. The van der Waals surface area contributed by atoms with Gasteiger partial charge in [0, 0.05) is 12.1 Å². The molecule has 2 aromatic heterocycles. The number of aryl methyl sites for hydroxylation is 1. The molecule has 0 saturated carbocycles. The van der Waals surface area contributed by atoms with Crippen LogP contribution in [0, 0.1) is 0 Å². The summed E-state index contributed by atoms with van der Waals surface area (Å²) in [7, 11) is -0.203. The van der Waals surface area contributed by atoms with Crippen LogP contribution in [-0.4, -0.2) is 58.3 Å². The van der Waals surface area contributed by atoms with Gasteiger partial charge in [0.2, 0.25) is 11.7 Å². The molecule has 0 aromatic carbocycles. The summed E-state index contributed by atoms with van der Waals surface area (Å²) >= 11 is 0. The van der Waals surface area contributed by atoms with E-state index in [2.05, 4.69) is 44.8 Å². The summed E-state index contributed by atoms with van der Waals surface area (Å²) in [6.45, 7) is 14.2. The maximum atomic E-state index is 12.5. The number of ether oxygens (including phenoxy) is 3. The molecule has 11 nitrogen and oxygen atoms in total. The molecule has 0 aliphatic rings. The molecule has 2 heterocycles. The molecule has 1 unspecified atom stereocenters. The van der Waals surface area contributed by atoms with Crippen LogP contribution in [0.3, 0.4) is 0 Å². The van der Waals surface area contributed by atoms with Gasteiger partial charge in [0.1, 0.15) is 18.1 Å². The molecule has 0 spiro atoms. The summed E-state index contributed by atoms with van der Waals surface area (Å²) < 4.78 is 22.9. The minimum atomic E-state index is -1.52. The average Bonchev–Trinajstić information content (AvgIpc) is 3.28. The Balaban J connectivity index is 2.27. The number of anilines is 1. The number of aromatic nitrogens is 4. The Labute approximate surface area is 188 Å². The number of carbonyl (C=O) groups is 2. The van der Waals surface area contributed by atoms with Gasteiger partial charge in [0.25, 0.3) is 0 Å². The smallest absolute Gasteiger partial charge is 0.413 e. The lowest BCUT2D eigenvalue weighted by molar-refractivity contribution is -0.140. The van der Waals surface area contributed by atoms with Gasteiger partial charge >= 0.3 is 12.1 Å². The van der Waals surface area contributed by atoms with Gasteiger partial charge in [-0.1, -0.05) is 24.8 Å². The minimum Gasteiger partial charge on any atom is -0.469 e. The van der Waals surface area contributed by atoms with E-state index in [9.17, 15) is 9.59 Å². The van der Waals surface area contributed by atoms with Crippen molar-refractivity contribution < 1.29 is 28.3 Å². The Morgan fingerprint density at radius 2 is 1.97 bits per heavy atom. The zero-order valence-corrected chi connectivity index (χ0v) is 21.0. The molecule has 0 radical (unpaired) electrons. The number of esters is 1. The normalized spacial score (nSPS) is 13.0. The van der Waals surface area contributed by atoms with Gasteiger partial charge in [-0.05, 0) is 27.7 Å². The molecule has 0 bridgehead atoms. The topological polar surface area (TPSA) is 131 Å². The molecule has 32 heavy (non-hydrogen) atoms. The molecule has 2 aromatic rings. The standard InChI is InChI=1S/C20H33N5O6Si/c1-13(32(6,7)8)29-12-25-11-21-16(18(25)23-19(27)30-20(2,3)4)17-22-14(31-24-17)9-10-15(26)28-5/h11,13H,9-10,12H2,1-8H3,(H,23,27). The number of hydrogen-bond donors (Lipinski definition) is 1. The van der Waals surface area contributed by atoms with Crippen LogP contribution in [0.1, 0.15) is 40.0 Å². The fourth-order valence-corrected chi connectivity index (χ4v) is 2.96. The van der Waals surface area contributed by atoms with E-state index in [-0.39, 0.29) is 43.0 Å². The third-order valence-corrected chi connectivity index (χ3v) is 7.20. The predicted molar refractivity (Wildman–Crippen MR) is 120 cm³/mol. The molecule has 12 heteroatoms. The van der Waals surface area contributed by atoms with E-state index in [1.807, 2.05) is 6.92 Å². The Morgan fingerprint density at radius 1 is 1.28 bits per heavy atom. The van der Waals surface area contributed by atoms with Crippen molar-refractivity contribution in [3.8, 4) is 11.5 Å². The molecule has 1 N–H and O–H groups in total. The lowest BCUT2D eigenvalue weighted by Crippen LogP contribution is -2.38.